The van der Waals surface area contributed by atoms with Crippen LogP contribution in [0.2, 0.25) is 0 Å². The van der Waals surface area contributed by atoms with E-state index in [0.29, 0.717) is 19.4 Å². The highest BCUT2D eigenvalue weighted by Crippen LogP contribution is 2.11. The van der Waals surface area contributed by atoms with Gasteiger partial charge in [0.05, 0.1) is 0 Å². The van der Waals surface area contributed by atoms with E-state index in [9.17, 15) is 19.2 Å². The Hall–Kier alpha value is -2.36. The molecule has 10 heteroatoms. The number of nitrogens with two attached hydrogens (primary N) is 1. The van der Waals surface area contributed by atoms with Crippen LogP contribution in [0.3, 0.4) is 0 Å². The van der Waals surface area contributed by atoms with Crippen LogP contribution < -0.4 is 21.8 Å². The second kappa shape index (κ2) is 12.4. The van der Waals surface area contributed by atoms with Gasteiger partial charge in [0.1, 0.15) is 23.7 Å². The molecule has 0 bridgehead atoms. The number of alkyl carbamates (subject to hydrolysis) is 1. The highest BCUT2D eigenvalue weighted by atomic mass is 16.6. The molecule has 1 rings (SSSR count). The SMILES string of the molecule is CC.CC(NC(=O)C(NC(=O)OC(C)(C)C)C(C)C)C(=O)N1CCCC(C(N)=O)N1. The number of carbonyl (C=O) groups is 4. The highest BCUT2D eigenvalue weighted by molar-refractivity contribution is 5.91. The van der Waals surface area contributed by atoms with Gasteiger partial charge in [-0.05, 0) is 46.5 Å². The molecule has 1 aliphatic heterocycles. The van der Waals surface area contributed by atoms with E-state index in [2.05, 4.69) is 16.1 Å². The summed E-state index contributed by atoms with van der Waals surface area (Å²) in [7, 11) is 0. The van der Waals surface area contributed by atoms with Crippen LogP contribution in [-0.4, -0.2) is 59.1 Å². The lowest BCUT2D eigenvalue weighted by Gasteiger charge is -2.34. The van der Waals surface area contributed by atoms with Gasteiger partial charge in [0.15, 0.2) is 0 Å². The summed E-state index contributed by atoms with van der Waals surface area (Å²) in [6.07, 6.45) is 0.471. The first-order chi connectivity index (χ1) is 13.8. The summed E-state index contributed by atoms with van der Waals surface area (Å²) in [6.45, 7) is 14.7. The standard InChI is InChI=1S/C18H33N5O5.C2H6/c1-10(2)13(21-17(27)28-18(4,5)6)15(25)20-11(3)16(26)23-9-7-8-12(22-23)14(19)24;1-2/h10-13,22H,7-9H2,1-6H3,(H2,19,24)(H,20,25)(H,21,27);1-2H3. The molecule has 174 valence electrons. The normalized spacial score (nSPS) is 18.4. The molecule has 3 unspecified atom stereocenters. The zero-order valence-electron chi connectivity index (χ0n) is 19.5. The quantitative estimate of drug-likeness (QED) is 0.497. The van der Waals surface area contributed by atoms with Gasteiger partial charge in [-0.25, -0.2) is 10.2 Å². The highest BCUT2D eigenvalue weighted by Gasteiger charge is 2.32. The Morgan fingerprint density at radius 2 is 1.67 bits per heavy atom. The number of nitrogens with zero attached hydrogens (tertiary/aromatic N) is 1. The van der Waals surface area contributed by atoms with E-state index in [4.69, 9.17) is 10.5 Å². The number of ether oxygens (including phenoxy) is 1. The lowest BCUT2D eigenvalue weighted by molar-refractivity contribution is -0.142. The molecule has 30 heavy (non-hydrogen) atoms. The molecule has 0 aromatic heterocycles. The van der Waals surface area contributed by atoms with Crippen molar-refractivity contribution in [3.63, 3.8) is 0 Å². The minimum absolute atomic E-state index is 0.220. The van der Waals surface area contributed by atoms with E-state index in [-0.39, 0.29) is 11.8 Å². The van der Waals surface area contributed by atoms with Crippen molar-refractivity contribution in [2.24, 2.45) is 11.7 Å². The summed E-state index contributed by atoms with van der Waals surface area (Å²) in [6, 6.07) is -2.33. The van der Waals surface area contributed by atoms with Gasteiger partial charge in [0, 0.05) is 6.54 Å². The van der Waals surface area contributed by atoms with Gasteiger partial charge in [0.25, 0.3) is 5.91 Å². The number of carbonyl (C=O) groups excluding carboxylic acids is 4. The Labute approximate surface area is 179 Å². The monoisotopic (exact) mass is 429 g/mol. The van der Waals surface area contributed by atoms with E-state index < -0.39 is 41.6 Å². The van der Waals surface area contributed by atoms with Crippen molar-refractivity contribution in [1.29, 1.82) is 0 Å². The summed E-state index contributed by atoms with van der Waals surface area (Å²) in [5.41, 5.74) is 7.38. The molecule has 0 aromatic rings. The van der Waals surface area contributed by atoms with Crippen LogP contribution in [0.5, 0.6) is 0 Å². The Morgan fingerprint density at radius 1 is 1.10 bits per heavy atom. The van der Waals surface area contributed by atoms with Crippen LogP contribution in [0.25, 0.3) is 0 Å². The van der Waals surface area contributed by atoms with Crippen LogP contribution in [0.15, 0.2) is 0 Å². The lowest BCUT2D eigenvalue weighted by Crippen LogP contribution is -2.61. The molecule has 1 aliphatic rings. The minimum atomic E-state index is -0.863. The minimum Gasteiger partial charge on any atom is -0.444 e. The summed E-state index contributed by atoms with van der Waals surface area (Å²) >= 11 is 0. The van der Waals surface area contributed by atoms with E-state index >= 15 is 0 Å². The van der Waals surface area contributed by atoms with Crippen LogP contribution in [0.1, 0.15) is 68.2 Å². The van der Waals surface area contributed by atoms with E-state index in [0.717, 1.165) is 0 Å². The second-order valence-corrected chi connectivity index (χ2v) is 8.31. The predicted molar refractivity (Wildman–Crippen MR) is 114 cm³/mol. The zero-order valence-corrected chi connectivity index (χ0v) is 19.5. The lowest BCUT2D eigenvalue weighted by atomic mass is 10.0. The molecule has 0 saturated carbocycles. The maximum absolute atomic E-state index is 12.6. The van der Waals surface area contributed by atoms with Gasteiger partial charge in [0.2, 0.25) is 11.8 Å². The summed E-state index contributed by atoms with van der Waals surface area (Å²) in [5.74, 6) is -1.64. The smallest absolute Gasteiger partial charge is 0.408 e. The first kappa shape index (κ1) is 27.6. The summed E-state index contributed by atoms with van der Waals surface area (Å²) in [4.78, 5) is 48.5. The third-order valence-corrected chi connectivity index (χ3v) is 4.15. The van der Waals surface area contributed by atoms with Gasteiger partial charge in [-0.3, -0.25) is 19.4 Å². The molecule has 3 atom stereocenters. The molecule has 1 saturated heterocycles. The fourth-order valence-corrected chi connectivity index (χ4v) is 2.72. The van der Waals surface area contributed by atoms with Crippen molar-refractivity contribution in [3.8, 4) is 0 Å². The molecule has 10 nitrogen and oxygen atoms in total. The number of primary amides is 1. The fraction of sp³-hybridized carbons (Fsp3) is 0.800. The molecule has 0 aliphatic carbocycles. The van der Waals surface area contributed by atoms with E-state index in [1.54, 1.807) is 41.5 Å². The molecule has 4 amide bonds. The Bertz CT molecular complexity index is 603. The van der Waals surface area contributed by atoms with Crippen molar-refractivity contribution in [2.45, 2.75) is 92.0 Å². The third kappa shape index (κ3) is 9.43. The number of rotatable bonds is 6. The average Bonchev–Trinajstić information content (AvgIpc) is 2.65. The fourth-order valence-electron chi connectivity index (χ4n) is 2.72. The number of hydrogen-bond donors (Lipinski definition) is 4. The van der Waals surface area contributed by atoms with Crippen molar-refractivity contribution in [2.75, 3.05) is 6.54 Å². The Morgan fingerprint density at radius 3 is 2.13 bits per heavy atom. The first-order valence-electron chi connectivity index (χ1n) is 10.5. The summed E-state index contributed by atoms with van der Waals surface area (Å²) < 4.78 is 5.19. The largest absolute Gasteiger partial charge is 0.444 e. The van der Waals surface area contributed by atoms with Gasteiger partial charge < -0.3 is 21.1 Å². The average molecular weight is 430 g/mol. The first-order valence-corrected chi connectivity index (χ1v) is 10.5. The predicted octanol–water partition coefficient (Wildman–Crippen LogP) is 1.05. The molecular formula is C20H39N5O5. The van der Waals surface area contributed by atoms with Crippen molar-refractivity contribution < 1.29 is 23.9 Å². The molecule has 0 aromatic carbocycles. The van der Waals surface area contributed by atoms with Crippen LogP contribution in [0, 0.1) is 5.92 Å². The van der Waals surface area contributed by atoms with Gasteiger partial charge >= 0.3 is 6.09 Å². The number of nitrogens with one attached hydrogen (secondary N) is 3. The zero-order chi connectivity index (χ0) is 23.6. The number of amides is 4. The van der Waals surface area contributed by atoms with Crippen LogP contribution in [-0.2, 0) is 19.1 Å². The van der Waals surface area contributed by atoms with Crippen molar-refractivity contribution in [1.82, 2.24) is 21.1 Å². The Balaban J connectivity index is 0.00000407. The van der Waals surface area contributed by atoms with E-state index in [1.807, 2.05) is 13.8 Å². The van der Waals surface area contributed by atoms with Crippen LogP contribution >= 0.6 is 0 Å². The van der Waals surface area contributed by atoms with Crippen molar-refractivity contribution >= 4 is 23.8 Å². The molecule has 0 spiro atoms. The molecular weight excluding hydrogens is 390 g/mol. The molecule has 1 fully saturated rings. The maximum Gasteiger partial charge on any atom is 0.408 e. The van der Waals surface area contributed by atoms with Crippen molar-refractivity contribution in [3.05, 3.63) is 0 Å². The van der Waals surface area contributed by atoms with Gasteiger partial charge in [-0.1, -0.05) is 27.7 Å². The molecule has 5 N–H and O–H groups in total. The van der Waals surface area contributed by atoms with Crippen LogP contribution in [0.4, 0.5) is 4.79 Å². The van der Waals surface area contributed by atoms with Gasteiger partial charge in [-0.15, -0.1) is 0 Å². The van der Waals surface area contributed by atoms with E-state index in [1.165, 1.54) is 5.01 Å². The summed E-state index contributed by atoms with van der Waals surface area (Å²) in [5, 5.41) is 6.46. The third-order valence-electron chi connectivity index (χ3n) is 4.15. The topological polar surface area (TPSA) is 143 Å². The Kier molecular flexibility index (Phi) is 11.4. The number of hydrogen-bond acceptors (Lipinski definition) is 6. The van der Waals surface area contributed by atoms with Gasteiger partial charge in [-0.2, -0.15) is 0 Å². The second-order valence-electron chi connectivity index (χ2n) is 8.31. The maximum atomic E-state index is 12.6. The number of hydrazine groups is 1. The molecule has 1 heterocycles. The molecule has 0 radical (unpaired) electrons.